The van der Waals surface area contributed by atoms with Crippen LogP contribution in [0.1, 0.15) is 42.5 Å². The van der Waals surface area contributed by atoms with Crippen molar-refractivity contribution in [3.63, 3.8) is 0 Å². The van der Waals surface area contributed by atoms with E-state index >= 15 is 0 Å². The van der Waals surface area contributed by atoms with E-state index in [1.165, 1.54) is 4.90 Å². The molecule has 3 aromatic rings. The quantitative estimate of drug-likeness (QED) is 0.342. The lowest BCUT2D eigenvalue weighted by atomic mass is 10.1. The van der Waals surface area contributed by atoms with Crippen molar-refractivity contribution < 1.29 is 22.7 Å². The molecule has 2 amide bonds. The van der Waals surface area contributed by atoms with E-state index in [4.69, 9.17) is 4.74 Å². The number of anilines is 1. The van der Waals surface area contributed by atoms with Gasteiger partial charge in [-0.1, -0.05) is 54.4 Å². The molecule has 1 N–H and O–H groups in total. The summed E-state index contributed by atoms with van der Waals surface area (Å²) in [5, 5.41) is 2.85. The highest BCUT2D eigenvalue weighted by atomic mass is 32.2. The van der Waals surface area contributed by atoms with Crippen molar-refractivity contribution in [3.05, 3.63) is 89.0 Å². The Morgan fingerprint density at radius 2 is 1.62 bits per heavy atom. The van der Waals surface area contributed by atoms with Gasteiger partial charge in [0.2, 0.25) is 11.8 Å². The van der Waals surface area contributed by atoms with Crippen LogP contribution in [0, 0.1) is 20.8 Å². The molecule has 40 heavy (non-hydrogen) atoms. The molecular formula is C31H39N3O5S. The number of hydrogen-bond donors (Lipinski definition) is 1. The summed E-state index contributed by atoms with van der Waals surface area (Å²) in [7, 11) is -2.56. The summed E-state index contributed by atoms with van der Waals surface area (Å²) in [5.41, 5.74) is 3.77. The minimum absolute atomic E-state index is 0.0824. The lowest BCUT2D eigenvalue weighted by Gasteiger charge is -2.32. The van der Waals surface area contributed by atoms with Crippen molar-refractivity contribution in [2.75, 3.05) is 24.5 Å². The van der Waals surface area contributed by atoms with Crippen molar-refractivity contribution in [2.45, 2.75) is 58.5 Å². The van der Waals surface area contributed by atoms with Crippen LogP contribution in [0.3, 0.4) is 0 Å². The van der Waals surface area contributed by atoms with Crippen LogP contribution in [-0.4, -0.2) is 51.4 Å². The van der Waals surface area contributed by atoms with Crippen LogP contribution < -0.4 is 14.4 Å². The number of benzene rings is 3. The Balaban J connectivity index is 2.06. The first kappa shape index (κ1) is 30.7. The highest BCUT2D eigenvalue weighted by Crippen LogP contribution is 2.28. The molecule has 0 heterocycles. The molecule has 0 radical (unpaired) electrons. The topological polar surface area (TPSA) is 96.0 Å². The Hall–Kier alpha value is -3.85. The van der Waals surface area contributed by atoms with Gasteiger partial charge < -0.3 is 15.0 Å². The number of nitrogens with one attached hydrogen (secondary N) is 1. The maximum absolute atomic E-state index is 14.0. The molecule has 8 nitrogen and oxygen atoms in total. The monoisotopic (exact) mass is 565 g/mol. The minimum Gasteiger partial charge on any atom is -0.497 e. The minimum atomic E-state index is -4.11. The normalized spacial score (nSPS) is 11.9. The number of sulfonamides is 1. The van der Waals surface area contributed by atoms with E-state index in [0.29, 0.717) is 18.0 Å². The SMILES string of the molecule is CCCNC(=O)[C@H](C)N(Cc1cccc(OC)c1)C(=O)CN(c1ccc(C)cc1C)S(=O)(=O)c1ccc(C)cc1. The fourth-order valence-electron chi connectivity index (χ4n) is 4.38. The first-order chi connectivity index (χ1) is 19.0. The lowest BCUT2D eigenvalue weighted by Crippen LogP contribution is -2.51. The van der Waals surface area contributed by atoms with Crippen molar-refractivity contribution >= 4 is 27.5 Å². The number of carbonyl (C=O) groups is 2. The maximum Gasteiger partial charge on any atom is 0.264 e. The molecule has 0 spiro atoms. The number of nitrogens with zero attached hydrogens (tertiary/aromatic N) is 2. The van der Waals surface area contributed by atoms with Gasteiger partial charge in [-0.15, -0.1) is 0 Å². The van der Waals surface area contributed by atoms with Crippen LogP contribution in [-0.2, 0) is 26.2 Å². The Bertz CT molecular complexity index is 1440. The smallest absolute Gasteiger partial charge is 0.264 e. The first-order valence-electron chi connectivity index (χ1n) is 13.3. The van der Waals surface area contributed by atoms with Gasteiger partial charge in [0.25, 0.3) is 10.0 Å². The molecule has 0 fully saturated rings. The second-order valence-corrected chi connectivity index (χ2v) is 11.8. The van der Waals surface area contributed by atoms with Crippen LogP contribution in [0.25, 0.3) is 0 Å². The van der Waals surface area contributed by atoms with Gasteiger partial charge in [-0.2, -0.15) is 0 Å². The lowest BCUT2D eigenvalue weighted by molar-refractivity contribution is -0.139. The van der Waals surface area contributed by atoms with E-state index in [1.54, 1.807) is 56.5 Å². The second kappa shape index (κ2) is 13.5. The summed E-state index contributed by atoms with van der Waals surface area (Å²) in [5.74, 6) is -0.193. The van der Waals surface area contributed by atoms with Gasteiger partial charge in [-0.25, -0.2) is 8.42 Å². The average molecular weight is 566 g/mol. The number of aryl methyl sites for hydroxylation is 3. The molecule has 0 aliphatic heterocycles. The van der Waals surface area contributed by atoms with Gasteiger partial charge in [-0.3, -0.25) is 13.9 Å². The number of methoxy groups -OCH3 is 1. The Morgan fingerprint density at radius 3 is 2.25 bits per heavy atom. The van der Waals surface area contributed by atoms with Crippen molar-refractivity contribution in [1.82, 2.24) is 10.2 Å². The number of ether oxygens (including phenoxy) is 1. The van der Waals surface area contributed by atoms with Gasteiger partial charge >= 0.3 is 0 Å². The van der Waals surface area contributed by atoms with Gasteiger partial charge in [0.05, 0.1) is 17.7 Å². The summed E-state index contributed by atoms with van der Waals surface area (Å²) in [6.07, 6.45) is 0.748. The van der Waals surface area contributed by atoms with E-state index in [0.717, 1.165) is 33.0 Å². The second-order valence-electron chi connectivity index (χ2n) is 9.95. The molecule has 0 unspecified atom stereocenters. The van der Waals surface area contributed by atoms with Crippen molar-refractivity contribution in [2.24, 2.45) is 0 Å². The highest BCUT2D eigenvalue weighted by molar-refractivity contribution is 7.92. The maximum atomic E-state index is 14.0. The molecule has 9 heteroatoms. The molecule has 0 saturated heterocycles. The third-order valence-electron chi connectivity index (χ3n) is 6.71. The third-order valence-corrected chi connectivity index (χ3v) is 8.49. The predicted molar refractivity (Wildman–Crippen MR) is 158 cm³/mol. The zero-order chi connectivity index (χ0) is 29.4. The average Bonchev–Trinajstić information content (AvgIpc) is 2.93. The molecule has 3 rings (SSSR count). The summed E-state index contributed by atoms with van der Waals surface area (Å²) >= 11 is 0. The molecule has 0 aliphatic carbocycles. The fourth-order valence-corrected chi connectivity index (χ4v) is 5.86. The van der Waals surface area contributed by atoms with Crippen molar-refractivity contribution in [3.8, 4) is 5.75 Å². The van der Waals surface area contributed by atoms with Crippen LogP contribution in [0.2, 0.25) is 0 Å². The predicted octanol–water partition coefficient (Wildman–Crippen LogP) is 4.76. The van der Waals surface area contributed by atoms with Gasteiger partial charge in [0, 0.05) is 13.1 Å². The summed E-state index contributed by atoms with van der Waals surface area (Å²) in [4.78, 5) is 28.5. The standard InChI is InChI=1S/C31H39N3O5S/c1-7-17-32-31(36)25(5)33(20-26-9-8-10-27(19-26)39-6)30(35)21-34(29-16-13-23(3)18-24(29)4)40(37,38)28-14-11-22(2)12-15-28/h8-16,18-19,25H,7,17,20-21H2,1-6H3,(H,32,36)/t25-/m0/s1. The largest absolute Gasteiger partial charge is 0.497 e. The number of rotatable bonds is 12. The number of hydrogen-bond acceptors (Lipinski definition) is 5. The highest BCUT2D eigenvalue weighted by Gasteiger charge is 2.33. The molecule has 214 valence electrons. The zero-order valence-corrected chi connectivity index (χ0v) is 24.9. The van der Waals surface area contributed by atoms with Gasteiger partial charge in [0.15, 0.2) is 0 Å². The third kappa shape index (κ3) is 7.41. The van der Waals surface area contributed by atoms with E-state index in [1.807, 2.05) is 52.0 Å². The Kier molecular flexibility index (Phi) is 10.3. The Morgan fingerprint density at radius 1 is 0.950 bits per heavy atom. The van der Waals surface area contributed by atoms with Crippen LogP contribution in [0.15, 0.2) is 71.6 Å². The molecule has 3 aromatic carbocycles. The summed E-state index contributed by atoms with van der Waals surface area (Å²) < 4.78 is 34.4. The summed E-state index contributed by atoms with van der Waals surface area (Å²) in [6, 6.07) is 18.3. The summed E-state index contributed by atoms with van der Waals surface area (Å²) in [6.45, 7) is 9.31. The van der Waals surface area contributed by atoms with Crippen LogP contribution >= 0.6 is 0 Å². The molecule has 0 aromatic heterocycles. The molecular weight excluding hydrogens is 526 g/mol. The number of amides is 2. The van der Waals surface area contributed by atoms with E-state index in [-0.39, 0.29) is 17.3 Å². The van der Waals surface area contributed by atoms with E-state index in [2.05, 4.69) is 5.32 Å². The first-order valence-corrected chi connectivity index (χ1v) is 14.8. The molecule has 1 atom stereocenters. The van der Waals surface area contributed by atoms with Crippen LogP contribution in [0.5, 0.6) is 5.75 Å². The van der Waals surface area contributed by atoms with E-state index in [9.17, 15) is 18.0 Å². The van der Waals surface area contributed by atoms with Gasteiger partial charge in [0.1, 0.15) is 18.3 Å². The zero-order valence-electron chi connectivity index (χ0n) is 24.1. The molecule has 0 saturated carbocycles. The molecule has 0 bridgehead atoms. The fraction of sp³-hybridized carbons (Fsp3) is 0.355. The number of carbonyl (C=O) groups excluding carboxylic acids is 2. The van der Waals surface area contributed by atoms with Crippen LogP contribution in [0.4, 0.5) is 5.69 Å². The van der Waals surface area contributed by atoms with Crippen molar-refractivity contribution in [1.29, 1.82) is 0 Å². The van der Waals surface area contributed by atoms with Gasteiger partial charge in [-0.05, 0) is 75.6 Å². The Labute approximate surface area is 238 Å². The molecule has 0 aliphatic rings. The van der Waals surface area contributed by atoms with E-state index < -0.39 is 28.5 Å².